The number of carbonyl (C=O) groups excluding carboxylic acids is 2. The lowest BCUT2D eigenvalue weighted by Gasteiger charge is -2.05. The molecule has 6 heteroatoms. The third-order valence-electron chi connectivity index (χ3n) is 1.98. The van der Waals surface area contributed by atoms with Crippen LogP contribution in [0, 0.1) is 24.0 Å². The predicted octanol–water partition coefficient (Wildman–Crippen LogP) is 0.444. The van der Waals surface area contributed by atoms with E-state index in [4.69, 9.17) is 6.42 Å². The summed E-state index contributed by atoms with van der Waals surface area (Å²) in [5.41, 5.74) is -0.0707. The van der Waals surface area contributed by atoms with Crippen molar-refractivity contribution in [3.05, 3.63) is 35.4 Å². The Hall–Kier alpha value is -2.42. The molecule has 2 amide bonds. The molecule has 0 heterocycles. The van der Waals surface area contributed by atoms with Gasteiger partial charge in [-0.1, -0.05) is 5.92 Å². The Morgan fingerprint density at radius 3 is 2.56 bits per heavy atom. The molecule has 0 aliphatic heterocycles. The first kappa shape index (κ1) is 13.6. The Labute approximate surface area is 102 Å². The molecule has 0 unspecified atom stereocenters. The molecule has 0 spiro atoms. The van der Waals surface area contributed by atoms with Gasteiger partial charge >= 0.3 is 0 Å². The maximum absolute atomic E-state index is 12.8. The lowest BCUT2D eigenvalue weighted by atomic mass is 10.2. The lowest BCUT2D eigenvalue weighted by Crippen LogP contribution is -2.37. The van der Waals surface area contributed by atoms with Crippen LogP contribution in [0.4, 0.5) is 8.78 Å². The third-order valence-corrected chi connectivity index (χ3v) is 1.98. The van der Waals surface area contributed by atoms with E-state index in [1.54, 1.807) is 0 Å². The number of amides is 2. The quantitative estimate of drug-likeness (QED) is 0.764. The Bertz CT molecular complexity index is 509. The van der Waals surface area contributed by atoms with Crippen molar-refractivity contribution in [3.8, 4) is 12.3 Å². The maximum Gasteiger partial charge on any atom is 0.251 e. The van der Waals surface area contributed by atoms with E-state index in [0.29, 0.717) is 0 Å². The minimum atomic E-state index is -1.13. The van der Waals surface area contributed by atoms with Crippen molar-refractivity contribution in [2.75, 3.05) is 13.1 Å². The van der Waals surface area contributed by atoms with E-state index in [-0.39, 0.29) is 18.7 Å². The van der Waals surface area contributed by atoms with Gasteiger partial charge in [-0.15, -0.1) is 6.42 Å². The first-order valence-corrected chi connectivity index (χ1v) is 4.98. The number of halogens is 2. The van der Waals surface area contributed by atoms with Gasteiger partial charge in [0.05, 0.1) is 13.1 Å². The molecule has 0 saturated carbocycles. The van der Waals surface area contributed by atoms with Gasteiger partial charge in [0.2, 0.25) is 5.91 Å². The van der Waals surface area contributed by atoms with Crippen LogP contribution in [0.1, 0.15) is 10.4 Å². The fourth-order valence-corrected chi connectivity index (χ4v) is 1.11. The zero-order valence-electron chi connectivity index (χ0n) is 9.30. The lowest BCUT2D eigenvalue weighted by molar-refractivity contribution is -0.119. The highest BCUT2D eigenvalue weighted by Crippen LogP contribution is 2.08. The van der Waals surface area contributed by atoms with Gasteiger partial charge in [-0.2, -0.15) is 0 Å². The summed E-state index contributed by atoms with van der Waals surface area (Å²) < 4.78 is 25.5. The predicted molar refractivity (Wildman–Crippen MR) is 60.5 cm³/mol. The topological polar surface area (TPSA) is 58.2 Å². The second kappa shape index (κ2) is 6.35. The molecule has 1 aromatic rings. The van der Waals surface area contributed by atoms with Crippen molar-refractivity contribution in [1.29, 1.82) is 0 Å². The number of rotatable bonds is 4. The summed E-state index contributed by atoms with van der Waals surface area (Å²) in [6.07, 6.45) is 4.93. The van der Waals surface area contributed by atoms with Gasteiger partial charge in [0, 0.05) is 5.56 Å². The second-order valence-corrected chi connectivity index (χ2v) is 3.29. The highest BCUT2D eigenvalue weighted by Gasteiger charge is 2.10. The Kier molecular flexibility index (Phi) is 4.81. The number of carbonyl (C=O) groups is 2. The van der Waals surface area contributed by atoms with E-state index in [1.807, 2.05) is 0 Å². The number of hydrogen-bond acceptors (Lipinski definition) is 2. The van der Waals surface area contributed by atoms with Crippen LogP contribution in [0.25, 0.3) is 0 Å². The molecule has 0 aliphatic carbocycles. The van der Waals surface area contributed by atoms with Crippen molar-refractivity contribution < 1.29 is 18.4 Å². The average Bonchev–Trinajstić information content (AvgIpc) is 2.36. The molecular weight excluding hydrogens is 242 g/mol. The van der Waals surface area contributed by atoms with E-state index in [9.17, 15) is 18.4 Å². The Morgan fingerprint density at radius 1 is 1.22 bits per heavy atom. The molecule has 1 rings (SSSR count). The Morgan fingerprint density at radius 2 is 1.94 bits per heavy atom. The first-order valence-electron chi connectivity index (χ1n) is 4.98. The second-order valence-electron chi connectivity index (χ2n) is 3.29. The van der Waals surface area contributed by atoms with E-state index in [0.717, 1.165) is 18.2 Å². The molecule has 0 bridgehead atoms. The van der Waals surface area contributed by atoms with Crippen LogP contribution >= 0.6 is 0 Å². The molecule has 0 saturated heterocycles. The average molecular weight is 252 g/mol. The fraction of sp³-hybridized carbons (Fsp3) is 0.167. The van der Waals surface area contributed by atoms with Crippen LogP contribution in [0.3, 0.4) is 0 Å². The maximum atomic E-state index is 12.8. The summed E-state index contributed by atoms with van der Waals surface area (Å²) in [5, 5.41) is 4.58. The molecule has 0 atom stereocenters. The summed E-state index contributed by atoms with van der Waals surface area (Å²) >= 11 is 0. The van der Waals surface area contributed by atoms with Gasteiger partial charge in [-0.25, -0.2) is 8.78 Å². The van der Waals surface area contributed by atoms with Gasteiger partial charge in [-0.3, -0.25) is 9.59 Å². The molecule has 4 nitrogen and oxygen atoms in total. The molecule has 1 aromatic carbocycles. The van der Waals surface area contributed by atoms with Crippen LogP contribution < -0.4 is 10.6 Å². The van der Waals surface area contributed by atoms with E-state index < -0.39 is 23.4 Å². The molecule has 2 N–H and O–H groups in total. The van der Waals surface area contributed by atoms with E-state index >= 15 is 0 Å². The fourth-order valence-electron chi connectivity index (χ4n) is 1.11. The normalized spacial score (nSPS) is 9.39. The highest BCUT2D eigenvalue weighted by atomic mass is 19.2. The highest BCUT2D eigenvalue weighted by molar-refractivity contribution is 5.96. The zero-order valence-corrected chi connectivity index (χ0v) is 9.30. The van der Waals surface area contributed by atoms with Gasteiger partial charge in [0.25, 0.3) is 5.91 Å². The minimum absolute atomic E-state index is 0.0554. The van der Waals surface area contributed by atoms with Gasteiger partial charge in [0.1, 0.15) is 0 Å². The number of benzene rings is 1. The SMILES string of the molecule is C#CCNC(=O)CNC(=O)c1ccc(F)c(F)c1. The largest absolute Gasteiger partial charge is 0.344 e. The first-order chi connectivity index (χ1) is 8.54. The molecule has 0 aliphatic rings. The Balaban J connectivity index is 2.53. The standard InChI is InChI=1S/C12H10F2N2O2/c1-2-5-15-11(17)7-16-12(18)8-3-4-9(13)10(14)6-8/h1,3-4,6H,5,7H2,(H,15,17)(H,16,18). The monoisotopic (exact) mass is 252 g/mol. The van der Waals surface area contributed by atoms with E-state index in [1.165, 1.54) is 0 Å². The molecule has 0 radical (unpaired) electrons. The summed E-state index contributed by atoms with van der Waals surface area (Å²) in [4.78, 5) is 22.6. The summed E-state index contributed by atoms with van der Waals surface area (Å²) in [7, 11) is 0. The molecule has 0 aromatic heterocycles. The summed E-state index contributed by atoms with van der Waals surface area (Å²) in [5.74, 6) is -1.12. The summed E-state index contributed by atoms with van der Waals surface area (Å²) in [6.45, 7) is -0.237. The molecule has 18 heavy (non-hydrogen) atoms. The van der Waals surface area contributed by atoms with Gasteiger partial charge < -0.3 is 10.6 Å². The zero-order chi connectivity index (χ0) is 13.5. The van der Waals surface area contributed by atoms with E-state index in [2.05, 4.69) is 16.6 Å². The van der Waals surface area contributed by atoms with Crippen LogP contribution in [-0.4, -0.2) is 24.9 Å². The van der Waals surface area contributed by atoms with Crippen molar-refractivity contribution in [2.45, 2.75) is 0 Å². The van der Waals surface area contributed by atoms with Crippen LogP contribution in [0.5, 0.6) is 0 Å². The van der Waals surface area contributed by atoms with Crippen LogP contribution in [0.2, 0.25) is 0 Å². The third kappa shape index (κ3) is 3.87. The minimum Gasteiger partial charge on any atom is -0.344 e. The number of terminal acetylenes is 1. The van der Waals surface area contributed by atoms with Crippen molar-refractivity contribution in [3.63, 3.8) is 0 Å². The molecular formula is C12H10F2N2O2. The smallest absolute Gasteiger partial charge is 0.251 e. The molecule has 94 valence electrons. The van der Waals surface area contributed by atoms with Crippen LogP contribution in [-0.2, 0) is 4.79 Å². The van der Waals surface area contributed by atoms with Gasteiger partial charge in [0.15, 0.2) is 11.6 Å². The van der Waals surface area contributed by atoms with Crippen molar-refractivity contribution in [2.24, 2.45) is 0 Å². The van der Waals surface area contributed by atoms with Crippen LogP contribution in [0.15, 0.2) is 18.2 Å². The molecule has 0 fully saturated rings. The van der Waals surface area contributed by atoms with Crippen molar-refractivity contribution in [1.82, 2.24) is 10.6 Å². The number of hydrogen-bond donors (Lipinski definition) is 2. The number of nitrogens with one attached hydrogen (secondary N) is 2. The van der Waals surface area contributed by atoms with Gasteiger partial charge in [-0.05, 0) is 18.2 Å². The summed E-state index contributed by atoms with van der Waals surface area (Å²) in [6, 6.07) is 2.71. The van der Waals surface area contributed by atoms with Crippen molar-refractivity contribution >= 4 is 11.8 Å².